The van der Waals surface area contributed by atoms with Gasteiger partial charge in [-0.05, 0) is 32.0 Å². The highest BCUT2D eigenvalue weighted by Crippen LogP contribution is 2.28. The molecule has 3 rings (SSSR count). The van der Waals surface area contributed by atoms with Gasteiger partial charge in [0, 0.05) is 10.4 Å². The summed E-state index contributed by atoms with van der Waals surface area (Å²) in [6, 6.07) is 6.19. The lowest BCUT2D eigenvalue weighted by atomic mass is 10.2. The molecule has 0 bridgehead atoms. The molecule has 4 heteroatoms. The number of H-pyrrole nitrogens is 1. The van der Waals surface area contributed by atoms with Gasteiger partial charge < -0.3 is 4.98 Å². The zero-order chi connectivity index (χ0) is 11.1. The lowest BCUT2D eigenvalue weighted by Gasteiger charge is -1.95. The first-order valence-corrected chi connectivity index (χ1v) is 5.93. The number of thiazole rings is 1. The zero-order valence-corrected chi connectivity index (χ0v) is 9.93. The normalized spacial score (nSPS) is 11.1. The molecule has 0 aliphatic heterocycles. The summed E-state index contributed by atoms with van der Waals surface area (Å²) in [5, 5.41) is 1.08. The maximum atomic E-state index is 4.56. The van der Waals surface area contributed by atoms with Crippen LogP contribution in [0.4, 0.5) is 0 Å². The van der Waals surface area contributed by atoms with Crippen LogP contribution < -0.4 is 0 Å². The third-order valence-corrected chi connectivity index (χ3v) is 3.82. The molecule has 1 aromatic carbocycles. The molecule has 0 fully saturated rings. The highest BCUT2D eigenvalue weighted by Gasteiger charge is 2.07. The minimum absolute atomic E-state index is 0.994. The molecule has 0 aliphatic rings. The first kappa shape index (κ1) is 9.54. The van der Waals surface area contributed by atoms with Gasteiger partial charge in [-0.3, -0.25) is 0 Å². The molecule has 2 aromatic heterocycles. The molecular formula is C12H11N3S. The van der Waals surface area contributed by atoms with Crippen LogP contribution in [0.25, 0.3) is 21.6 Å². The number of aromatic nitrogens is 3. The predicted octanol–water partition coefficient (Wildman–Crippen LogP) is 3.30. The van der Waals surface area contributed by atoms with E-state index in [4.69, 9.17) is 0 Å². The number of hydrogen-bond acceptors (Lipinski definition) is 3. The van der Waals surface area contributed by atoms with E-state index < -0.39 is 0 Å². The van der Waals surface area contributed by atoms with Crippen molar-refractivity contribution in [3.8, 4) is 10.6 Å². The van der Waals surface area contributed by atoms with Crippen molar-refractivity contribution in [2.45, 2.75) is 13.8 Å². The van der Waals surface area contributed by atoms with Crippen LogP contribution in [0.1, 0.15) is 10.6 Å². The number of hydrogen-bond donors (Lipinski definition) is 1. The molecule has 0 saturated heterocycles. The topological polar surface area (TPSA) is 41.6 Å². The van der Waals surface area contributed by atoms with Crippen molar-refractivity contribution >= 4 is 22.4 Å². The fourth-order valence-corrected chi connectivity index (χ4v) is 2.58. The molecule has 0 amide bonds. The largest absolute Gasteiger partial charge is 0.345 e. The number of aryl methyl sites for hydroxylation is 2. The third-order valence-electron chi connectivity index (χ3n) is 2.70. The summed E-state index contributed by atoms with van der Waals surface area (Å²) in [5.41, 5.74) is 4.32. The van der Waals surface area contributed by atoms with Crippen molar-refractivity contribution in [3.63, 3.8) is 0 Å². The first-order chi connectivity index (χ1) is 7.74. The Balaban J connectivity index is 2.17. The Morgan fingerprint density at radius 1 is 1.25 bits per heavy atom. The number of nitrogens with one attached hydrogen (secondary N) is 1. The molecule has 0 aliphatic carbocycles. The quantitative estimate of drug-likeness (QED) is 0.695. The number of aromatic amines is 1. The Kier molecular flexibility index (Phi) is 2.04. The average Bonchev–Trinajstić information content (AvgIpc) is 2.85. The summed E-state index contributed by atoms with van der Waals surface area (Å²) in [4.78, 5) is 13.2. The summed E-state index contributed by atoms with van der Waals surface area (Å²) >= 11 is 1.73. The summed E-state index contributed by atoms with van der Waals surface area (Å²) in [7, 11) is 0. The summed E-state index contributed by atoms with van der Waals surface area (Å²) in [6.07, 6.45) is 1.72. The molecule has 3 aromatic rings. The van der Waals surface area contributed by atoms with Crippen LogP contribution in [0.5, 0.6) is 0 Å². The van der Waals surface area contributed by atoms with Gasteiger partial charge in [0.25, 0.3) is 0 Å². The van der Waals surface area contributed by atoms with Gasteiger partial charge in [0.1, 0.15) is 5.01 Å². The van der Waals surface area contributed by atoms with Crippen LogP contribution in [0, 0.1) is 13.8 Å². The number of benzene rings is 1. The van der Waals surface area contributed by atoms with Gasteiger partial charge >= 0.3 is 0 Å². The molecular weight excluding hydrogens is 218 g/mol. The SMILES string of the molecule is Cc1nc(-c2ccc3nc[nH]c3c2)sc1C. The van der Waals surface area contributed by atoms with E-state index in [-0.39, 0.29) is 0 Å². The predicted molar refractivity (Wildman–Crippen MR) is 66.7 cm³/mol. The molecule has 2 heterocycles. The fraction of sp³-hybridized carbons (Fsp3) is 0.167. The molecule has 80 valence electrons. The molecule has 0 unspecified atom stereocenters. The van der Waals surface area contributed by atoms with Crippen molar-refractivity contribution in [3.05, 3.63) is 35.1 Å². The van der Waals surface area contributed by atoms with E-state index in [1.165, 1.54) is 4.88 Å². The maximum absolute atomic E-state index is 4.56. The van der Waals surface area contributed by atoms with Crippen molar-refractivity contribution in [2.75, 3.05) is 0 Å². The Morgan fingerprint density at radius 3 is 2.88 bits per heavy atom. The lowest BCUT2D eigenvalue weighted by molar-refractivity contribution is 1.23. The molecule has 1 N–H and O–H groups in total. The van der Waals surface area contributed by atoms with Crippen molar-refractivity contribution < 1.29 is 0 Å². The second-order valence-electron chi connectivity index (χ2n) is 3.80. The van der Waals surface area contributed by atoms with Crippen molar-refractivity contribution in [1.29, 1.82) is 0 Å². The van der Waals surface area contributed by atoms with Crippen molar-refractivity contribution in [2.24, 2.45) is 0 Å². The van der Waals surface area contributed by atoms with Gasteiger partial charge in [0.15, 0.2) is 0 Å². The second kappa shape index (κ2) is 3.42. The Hall–Kier alpha value is -1.68. The number of rotatable bonds is 1. The first-order valence-electron chi connectivity index (χ1n) is 5.11. The van der Waals surface area contributed by atoms with Gasteiger partial charge in [0.05, 0.1) is 23.1 Å². The Labute approximate surface area is 97.2 Å². The van der Waals surface area contributed by atoms with Crippen LogP contribution in [0.2, 0.25) is 0 Å². The molecule has 0 radical (unpaired) electrons. The zero-order valence-electron chi connectivity index (χ0n) is 9.11. The molecule has 3 nitrogen and oxygen atoms in total. The minimum atomic E-state index is 0.994. The van der Waals surface area contributed by atoms with E-state index in [9.17, 15) is 0 Å². The van der Waals surface area contributed by atoms with E-state index in [1.807, 2.05) is 13.0 Å². The van der Waals surface area contributed by atoms with Crippen LogP contribution in [-0.2, 0) is 0 Å². The van der Waals surface area contributed by atoms with Gasteiger partial charge in [-0.15, -0.1) is 11.3 Å². The van der Waals surface area contributed by atoms with Gasteiger partial charge in [-0.25, -0.2) is 9.97 Å². The minimum Gasteiger partial charge on any atom is -0.345 e. The number of fused-ring (bicyclic) bond motifs is 1. The van der Waals surface area contributed by atoms with Crippen LogP contribution in [-0.4, -0.2) is 15.0 Å². The number of nitrogens with zero attached hydrogens (tertiary/aromatic N) is 2. The van der Waals surface area contributed by atoms with Crippen molar-refractivity contribution in [1.82, 2.24) is 15.0 Å². The fourth-order valence-electron chi connectivity index (χ4n) is 1.66. The molecule has 16 heavy (non-hydrogen) atoms. The number of imidazole rings is 1. The average molecular weight is 229 g/mol. The van der Waals surface area contributed by atoms with Gasteiger partial charge in [-0.2, -0.15) is 0 Å². The smallest absolute Gasteiger partial charge is 0.123 e. The molecule has 0 atom stereocenters. The summed E-state index contributed by atoms with van der Waals surface area (Å²) in [6.45, 7) is 4.15. The summed E-state index contributed by atoms with van der Waals surface area (Å²) < 4.78 is 0. The van der Waals surface area contributed by atoms with E-state index in [2.05, 4.69) is 34.0 Å². The van der Waals surface area contributed by atoms with E-state index in [1.54, 1.807) is 17.7 Å². The van der Waals surface area contributed by atoms with Crippen LogP contribution >= 0.6 is 11.3 Å². The standard InChI is InChI=1S/C12H11N3S/c1-7-8(2)16-12(15-7)9-3-4-10-11(5-9)14-6-13-10/h3-6H,1-2H3,(H,13,14). The molecule has 0 saturated carbocycles. The molecule has 0 spiro atoms. The van der Waals surface area contributed by atoms with E-state index in [0.29, 0.717) is 0 Å². The monoisotopic (exact) mass is 229 g/mol. The highest BCUT2D eigenvalue weighted by molar-refractivity contribution is 7.15. The Morgan fingerprint density at radius 2 is 2.12 bits per heavy atom. The second-order valence-corrected chi connectivity index (χ2v) is 5.00. The lowest BCUT2D eigenvalue weighted by Crippen LogP contribution is -1.78. The van der Waals surface area contributed by atoms with E-state index >= 15 is 0 Å². The maximum Gasteiger partial charge on any atom is 0.123 e. The Bertz CT molecular complexity index is 632. The van der Waals surface area contributed by atoms with Gasteiger partial charge in [0.2, 0.25) is 0 Å². The van der Waals surface area contributed by atoms with Gasteiger partial charge in [-0.1, -0.05) is 0 Å². The van der Waals surface area contributed by atoms with Crippen LogP contribution in [0.3, 0.4) is 0 Å². The highest BCUT2D eigenvalue weighted by atomic mass is 32.1. The van der Waals surface area contributed by atoms with E-state index in [0.717, 1.165) is 27.3 Å². The van der Waals surface area contributed by atoms with Crippen LogP contribution in [0.15, 0.2) is 24.5 Å². The summed E-state index contributed by atoms with van der Waals surface area (Å²) in [5.74, 6) is 0. The third kappa shape index (κ3) is 1.42.